The number of likely N-dealkylation sites (tertiary alicyclic amines) is 1. The van der Waals surface area contributed by atoms with E-state index in [0.29, 0.717) is 18.5 Å². The predicted octanol–water partition coefficient (Wildman–Crippen LogP) is 2.05. The molecule has 172 valence electrons. The summed E-state index contributed by atoms with van der Waals surface area (Å²) in [6.07, 6.45) is 7.29. The molecule has 3 fully saturated rings. The SMILES string of the molecule is O=C1CCC(N2Cc3cc(CN4CCC(C5CCCNCC5)CC4)ccc3C2=O)C(=O)N1. The predicted molar refractivity (Wildman–Crippen MR) is 121 cm³/mol. The van der Waals surface area contributed by atoms with E-state index in [2.05, 4.69) is 27.7 Å². The molecule has 7 heteroatoms. The molecule has 2 unspecified atom stereocenters. The van der Waals surface area contributed by atoms with E-state index in [0.717, 1.165) is 37.0 Å². The minimum Gasteiger partial charge on any atom is -0.322 e. The number of piperidine rings is 2. The Kier molecular flexibility index (Phi) is 6.28. The number of hydrogen-bond acceptors (Lipinski definition) is 5. The minimum absolute atomic E-state index is 0.0975. The van der Waals surface area contributed by atoms with Crippen molar-refractivity contribution in [2.45, 2.75) is 64.1 Å². The van der Waals surface area contributed by atoms with E-state index in [1.54, 1.807) is 4.90 Å². The molecule has 5 rings (SSSR count). The lowest BCUT2D eigenvalue weighted by Gasteiger charge is -2.36. The van der Waals surface area contributed by atoms with E-state index in [9.17, 15) is 14.4 Å². The number of nitrogens with zero attached hydrogens (tertiary/aromatic N) is 2. The van der Waals surface area contributed by atoms with Crippen LogP contribution in [0.15, 0.2) is 18.2 Å². The van der Waals surface area contributed by atoms with Crippen LogP contribution in [-0.2, 0) is 22.7 Å². The Labute approximate surface area is 189 Å². The molecule has 1 aromatic carbocycles. The average Bonchev–Trinajstić information content (AvgIpc) is 2.95. The van der Waals surface area contributed by atoms with Gasteiger partial charge in [0, 0.05) is 25.1 Å². The van der Waals surface area contributed by atoms with Gasteiger partial charge in [0.1, 0.15) is 6.04 Å². The molecular weight excluding hydrogens is 404 g/mol. The first kappa shape index (κ1) is 21.6. The van der Waals surface area contributed by atoms with Gasteiger partial charge in [-0.1, -0.05) is 12.1 Å². The van der Waals surface area contributed by atoms with Crippen LogP contribution >= 0.6 is 0 Å². The van der Waals surface area contributed by atoms with Gasteiger partial charge < -0.3 is 10.2 Å². The maximum Gasteiger partial charge on any atom is 0.255 e. The molecule has 0 aromatic heterocycles. The third kappa shape index (κ3) is 4.46. The maximum atomic E-state index is 12.9. The zero-order valence-electron chi connectivity index (χ0n) is 18.8. The normalized spacial score (nSPS) is 27.9. The van der Waals surface area contributed by atoms with E-state index >= 15 is 0 Å². The van der Waals surface area contributed by atoms with Gasteiger partial charge in [-0.25, -0.2) is 0 Å². The van der Waals surface area contributed by atoms with Crippen molar-refractivity contribution in [3.63, 3.8) is 0 Å². The minimum atomic E-state index is -0.547. The van der Waals surface area contributed by atoms with Crippen LogP contribution in [0.3, 0.4) is 0 Å². The zero-order valence-corrected chi connectivity index (χ0v) is 18.8. The van der Waals surface area contributed by atoms with E-state index in [1.165, 1.54) is 50.8 Å². The molecule has 0 saturated carbocycles. The first-order valence-electron chi connectivity index (χ1n) is 12.3. The summed E-state index contributed by atoms with van der Waals surface area (Å²) in [6, 6.07) is 5.58. The van der Waals surface area contributed by atoms with Crippen molar-refractivity contribution in [1.82, 2.24) is 20.4 Å². The summed E-state index contributed by atoms with van der Waals surface area (Å²) in [6.45, 7) is 6.01. The third-order valence-corrected chi connectivity index (χ3v) is 7.91. The molecule has 4 aliphatic rings. The molecule has 2 atom stereocenters. The van der Waals surface area contributed by atoms with Crippen molar-refractivity contribution in [1.29, 1.82) is 0 Å². The van der Waals surface area contributed by atoms with Gasteiger partial charge in [-0.2, -0.15) is 0 Å². The van der Waals surface area contributed by atoms with E-state index in [4.69, 9.17) is 0 Å². The topological polar surface area (TPSA) is 81.8 Å². The van der Waals surface area contributed by atoms with Crippen LogP contribution in [0.5, 0.6) is 0 Å². The van der Waals surface area contributed by atoms with E-state index < -0.39 is 6.04 Å². The van der Waals surface area contributed by atoms with E-state index in [1.807, 2.05) is 6.07 Å². The van der Waals surface area contributed by atoms with Crippen LogP contribution in [0.25, 0.3) is 0 Å². The molecule has 0 radical (unpaired) electrons. The molecule has 3 amide bonds. The second-order valence-corrected chi connectivity index (χ2v) is 9.95. The highest BCUT2D eigenvalue weighted by atomic mass is 16.2. The summed E-state index contributed by atoms with van der Waals surface area (Å²) < 4.78 is 0. The van der Waals surface area contributed by atoms with Crippen LogP contribution in [0.4, 0.5) is 0 Å². The Morgan fingerprint density at radius 1 is 0.938 bits per heavy atom. The molecule has 0 spiro atoms. The average molecular weight is 439 g/mol. The highest BCUT2D eigenvalue weighted by Gasteiger charge is 2.39. The van der Waals surface area contributed by atoms with Crippen molar-refractivity contribution in [2.75, 3.05) is 26.2 Å². The van der Waals surface area contributed by atoms with Crippen molar-refractivity contribution in [2.24, 2.45) is 11.8 Å². The Morgan fingerprint density at radius 2 is 1.75 bits per heavy atom. The first-order valence-corrected chi connectivity index (χ1v) is 12.3. The van der Waals surface area contributed by atoms with Gasteiger partial charge in [-0.3, -0.25) is 24.6 Å². The van der Waals surface area contributed by atoms with Crippen molar-refractivity contribution in [3.05, 3.63) is 34.9 Å². The van der Waals surface area contributed by atoms with Gasteiger partial charge in [-0.05, 0) is 93.7 Å². The number of benzene rings is 1. The first-order chi connectivity index (χ1) is 15.6. The maximum absolute atomic E-state index is 12.9. The van der Waals surface area contributed by atoms with Gasteiger partial charge in [0.2, 0.25) is 11.8 Å². The van der Waals surface area contributed by atoms with Crippen molar-refractivity contribution in [3.8, 4) is 0 Å². The van der Waals surface area contributed by atoms with Gasteiger partial charge in [0.05, 0.1) is 0 Å². The zero-order chi connectivity index (χ0) is 22.1. The number of hydrogen-bond donors (Lipinski definition) is 2. The molecule has 32 heavy (non-hydrogen) atoms. The standard InChI is InChI=1S/C25H34N4O3/c30-23-6-5-22(24(31)27-23)29-16-20-14-17(3-4-21(20)25(29)32)15-28-12-8-19(9-13-28)18-2-1-10-26-11-7-18/h3-4,14,18-19,22,26H,1-2,5-13,15-16H2,(H,27,30,31). The highest BCUT2D eigenvalue weighted by molar-refractivity contribution is 6.05. The van der Waals surface area contributed by atoms with Crippen molar-refractivity contribution >= 4 is 17.7 Å². The summed E-state index contributed by atoms with van der Waals surface area (Å²) in [4.78, 5) is 40.7. The molecule has 4 aliphatic heterocycles. The fourth-order valence-electron chi connectivity index (χ4n) is 6.08. The number of imide groups is 1. The number of fused-ring (bicyclic) bond motifs is 1. The van der Waals surface area contributed by atoms with Crippen LogP contribution in [0, 0.1) is 11.8 Å². The number of nitrogens with one attached hydrogen (secondary N) is 2. The summed E-state index contributed by atoms with van der Waals surface area (Å²) in [5, 5.41) is 5.90. The monoisotopic (exact) mass is 438 g/mol. The lowest BCUT2D eigenvalue weighted by Crippen LogP contribution is -2.52. The van der Waals surface area contributed by atoms with Crippen LogP contribution in [0.2, 0.25) is 0 Å². The van der Waals surface area contributed by atoms with Crippen LogP contribution in [-0.4, -0.2) is 59.7 Å². The Balaban J connectivity index is 1.18. The summed E-state index contributed by atoms with van der Waals surface area (Å²) in [5.41, 5.74) is 2.93. The van der Waals surface area contributed by atoms with Crippen LogP contribution < -0.4 is 10.6 Å². The summed E-state index contributed by atoms with van der Waals surface area (Å²) in [5.74, 6) is 1.05. The highest BCUT2D eigenvalue weighted by Crippen LogP contribution is 2.33. The second-order valence-electron chi connectivity index (χ2n) is 9.95. The molecule has 0 bridgehead atoms. The Hall–Kier alpha value is -2.25. The van der Waals surface area contributed by atoms with Gasteiger partial charge >= 0.3 is 0 Å². The molecule has 3 saturated heterocycles. The lowest BCUT2D eigenvalue weighted by molar-refractivity contribution is -0.136. The fourth-order valence-corrected chi connectivity index (χ4v) is 6.08. The Bertz CT molecular complexity index is 885. The molecule has 7 nitrogen and oxygen atoms in total. The van der Waals surface area contributed by atoms with E-state index in [-0.39, 0.29) is 24.1 Å². The van der Waals surface area contributed by atoms with Gasteiger partial charge in [0.25, 0.3) is 5.91 Å². The quantitative estimate of drug-likeness (QED) is 0.704. The summed E-state index contributed by atoms with van der Waals surface area (Å²) >= 11 is 0. The number of rotatable bonds is 4. The smallest absolute Gasteiger partial charge is 0.255 e. The second kappa shape index (κ2) is 9.32. The van der Waals surface area contributed by atoms with Crippen LogP contribution in [0.1, 0.15) is 66.4 Å². The summed E-state index contributed by atoms with van der Waals surface area (Å²) in [7, 11) is 0. The lowest BCUT2D eigenvalue weighted by atomic mass is 9.80. The fraction of sp³-hybridized carbons (Fsp3) is 0.640. The molecule has 1 aromatic rings. The largest absolute Gasteiger partial charge is 0.322 e. The van der Waals surface area contributed by atoms with Gasteiger partial charge in [-0.15, -0.1) is 0 Å². The van der Waals surface area contributed by atoms with Crippen molar-refractivity contribution < 1.29 is 14.4 Å². The third-order valence-electron chi connectivity index (χ3n) is 7.91. The molecular formula is C25H34N4O3. The molecule has 2 N–H and O–H groups in total. The van der Waals surface area contributed by atoms with Gasteiger partial charge in [0.15, 0.2) is 0 Å². The Morgan fingerprint density at radius 3 is 2.56 bits per heavy atom. The molecule has 0 aliphatic carbocycles. The number of amides is 3. The number of carbonyl (C=O) groups excluding carboxylic acids is 3. The molecule has 4 heterocycles. The number of carbonyl (C=O) groups is 3.